The first-order chi connectivity index (χ1) is 19.6. The summed E-state index contributed by atoms with van der Waals surface area (Å²) in [6.07, 6.45) is 8.07. The maximum absolute atomic E-state index is 13.7. The number of carbonyl (C=O) groups excluding carboxylic acids is 1. The van der Waals surface area contributed by atoms with Crippen LogP contribution in [0.4, 0.5) is 0 Å². The van der Waals surface area contributed by atoms with Gasteiger partial charge in [-0.2, -0.15) is 0 Å². The number of likely N-dealkylation sites (tertiary alicyclic amines) is 1. The highest BCUT2D eigenvalue weighted by molar-refractivity contribution is 5.97. The van der Waals surface area contributed by atoms with E-state index in [0.717, 1.165) is 54.1 Å². The van der Waals surface area contributed by atoms with Crippen molar-refractivity contribution in [1.82, 2.24) is 34.1 Å². The van der Waals surface area contributed by atoms with Gasteiger partial charge >= 0.3 is 0 Å². The SMILES string of the molecule is COc1cc(C)[nH]c(=O)c1CNC(=O)c1cc2cc(-c3nccn3C)cn2c(C(C)N2CCC(N(C)C)CC2)c1C. The van der Waals surface area contributed by atoms with Gasteiger partial charge in [0.2, 0.25) is 0 Å². The fraction of sp³-hybridized carbons (Fsp3) is 0.452. The number of nitrogens with one attached hydrogen (secondary N) is 2. The summed E-state index contributed by atoms with van der Waals surface area (Å²) in [5.41, 5.74) is 5.34. The van der Waals surface area contributed by atoms with Gasteiger partial charge in [0.15, 0.2) is 0 Å². The van der Waals surface area contributed by atoms with Crippen LogP contribution in [0.2, 0.25) is 0 Å². The number of ether oxygens (including phenoxy) is 1. The first kappa shape index (κ1) is 28.6. The van der Waals surface area contributed by atoms with Gasteiger partial charge in [-0.3, -0.25) is 14.5 Å². The summed E-state index contributed by atoms with van der Waals surface area (Å²) in [5, 5.41) is 2.98. The average molecular weight is 560 g/mol. The van der Waals surface area contributed by atoms with Gasteiger partial charge in [0.05, 0.1) is 19.2 Å². The Morgan fingerprint density at radius 2 is 1.95 bits per heavy atom. The van der Waals surface area contributed by atoms with Crippen molar-refractivity contribution in [2.24, 2.45) is 7.05 Å². The van der Waals surface area contributed by atoms with Gasteiger partial charge in [-0.05, 0) is 71.5 Å². The van der Waals surface area contributed by atoms with E-state index in [1.54, 1.807) is 19.2 Å². The number of methoxy groups -OCH3 is 1. The molecule has 2 N–H and O–H groups in total. The Bertz CT molecular complexity index is 1620. The minimum absolute atomic E-state index is 0.0602. The number of fused-ring (bicyclic) bond motifs is 1. The Labute approximate surface area is 240 Å². The van der Waals surface area contributed by atoms with Crippen LogP contribution in [-0.2, 0) is 13.6 Å². The zero-order valence-electron chi connectivity index (χ0n) is 25.1. The minimum Gasteiger partial charge on any atom is -0.496 e. The van der Waals surface area contributed by atoms with Crippen molar-refractivity contribution in [1.29, 1.82) is 0 Å². The molecular formula is C31H41N7O3. The minimum atomic E-state index is -0.268. The molecule has 0 saturated carbocycles. The Balaban J connectivity index is 1.53. The lowest BCUT2D eigenvalue weighted by atomic mass is 9.97. The van der Waals surface area contributed by atoms with Gasteiger partial charge in [0.1, 0.15) is 11.6 Å². The fourth-order valence-corrected chi connectivity index (χ4v) is 6.15. The molecule has 4 aromatic rings. The number of pyridine rings is 2. The molecule has 0 spiro atoms. The van der Waals surface area contributed by atoms with Crippen LogP contribution in [0.25, 0.3) is 16.9 Å². The Kier molecular flexibility index (Phi) is 8.06. The number of carbonyl (C=O) groups is 1. The quantitative estimate of drug-likeness (QED) is 0.342. The van der Waals surface area contributed by atoms with Gasteiger partial charge in [0, 0.05) is 78.8 Å². The third-order valence-corrected chi connectivity index (χ3v) is 8.56. The Morgan fingerprint density at radius 3 is 2.59 bits per heavy atom. The number of rotatable bonds is 8. The molecule has 1 unspecified atom stereocenters. The topological polar surface area (TPSA) is 99.9 Å². The molecule has 41 heavy (non-hydrogen) atoms. The Hall–Kier alpha value is -3.89. The molecule has 1 aliphatic rings. The van der Waals surface area contributed by atoms with Crippen LogP contribution in [0.3, 0.4) is 0 Å². The molecule has 0 aromatic carbocycles. The molecule has 1 fully saturated rings. The molecule has 0 aliphatic carbocycles. The maximum Gasteiger partial charge on any atom is 0.256 e. The summed E-state index contributed by atoms with van der Waals surface area (Å²) in [5.74, 6) is 1.10. The van der Waals surface area contributed by atoms with E-state index in [9.17, 15) is 9.59 Å². The van der Waals surface area contributed by atoms with E-state index in [1.165, 1.54) is 7.11 Å². The predicted molar refractivity (Wildman–Crippen MR) is 161 cm³/mol. The summed E-state index contributed by atoms with van der Waals surface area (Å²) < 4.78 is 9.63. The number of aromatic amines is 1. The molecule has 5 rings (SSSR count). The highest BCUT2D eigenvalue weighted by atomic mass is 16.5. The molecule has 4 aromatic heterocycles. The average Bonchev–Trinajstić information content (AvgIpc) is 3.56. The number of nitrogens with zero attached hydrogens (tertiary/aromatic N) is 5. The van der Waals surface area contributed by atoms with Crippen molar-refractivity contribution >= 4 is 11.4 Å². The fourth-order valence-electron chi connectivity index (χ4n) is 6.15. The summed E-state index contributed by atoms with van der Waals surface area (Å²) in [6.45, 7) is 8.09. The molecule has 0 radical (unpaired) electrons. The molecule has 1 amide bonds. The van der Waals surface area contributed by atoms with E-state index in [4.69, 9.17) is 4.74 Å². The van der Waals surface area contributed by atoms with E-state index >= 15 is 0 Å². The summed E-state index contributed by atoms with van der Waals surface area (Å²) in [7, 11) is 7.81. The first-order valence-electron chi connectivity index (χ1n) is 14.2. The zero-order valence-corrected chi connectivity index (χ0v) is 25.1. The number of aryl methyl sites for hydroxylation is 2. The number of aromatic nitrogens is 4. The standard InChI is InChI=1S/C31H41N7O3/c1-19-14-27(41-7)26(31(40)34-19)17-33-30(39)25-16-24-15-22(29-32-10-13-36(29)6)18-38(24)28(20(25)2)21(3)37-11-8-23(9-12-37)35(4)5/h10,13-16,18,21,23H,8-9,11-12,17H2,1-7H3,(H,33,39)(H,34,40). The lowest BCUT2D eigenvalue weighted by Gasteiger charge is -2.39. The van der Waals surface area contributed by atoms with Crippen LogP contribution in [0.15, 0.2) is 41.6 Å². The second-order valence-corrected chi connectivity index (χ2v) is 11.4. The third kappa shape index (κ3) is 5.54. The smallest absolute Gasteiger partial charge is 0.256 e. The van der Waals surface area contributed by atoms with Crippen molar-refractivity contribution < 1.29 is 9.53 Å². The van der Waals surface area contributed by atoms with Crippen LogP contribution < -0.4 is 15.6 Å². The van der Waals surface area contributed by atoms with E-state index < -0.39 is 0 Å². The van der Waals surface area contributed by atoms with Crippen molar-refractivity contribution in [2.75, 3.05) is 34.3 Å². The monoisotopic (exact) mass is 559 g/mol. The molecular weight excluding hydrogens is 518 g/mol. The van der Waals surface area contributed by atoms with E-state index in [0.29, 0.717) is 28.6 Å². The van der Waals surface area contributed by atoms with Crippen molar-refractivity contribution in [3.05, 3.63) is 75.2 Å². The van der Waals surface area contributed by atoms with Gasteiger partial charge in [-0.15, -0.1) is 0 Å². The van der Waals surface area contributed by atoms with Crippen LogP contribution in [0.5, 0.6) is 5.75 Å². The Morgan fingerprint density at radius 1 is 1.22 bits per heavy atom. The molecule has 218 valence electrons. The maximum atomic E-state index is 13.7. The van der Waals surface area contributed by atoms with Gasteiger partial charge in [-0.1, -0.05) is 0 Å². The summed E-state index contributed by atoms with van der Waals surface area (Å²) in [6, 6.07) is 6.46. The number of imidazole rings is 1. The zero-order chi connectivity index (χ0) is 29.4. The molecule has 10 heteroatoms. The van der Waals surface area contributed by atoms with Crippen LogP contribution in [-0.4, -0.2) is 75.0 Å². The first-order valence-corrected chi connectivity index (χ1v) is 14.2. The van der Waals surface area contributed by atoms with Crippen LogP contribution in [0.1, 0.15) is 58.7 Å². The largest absolute Gasteiger partial charge is 0.496 e. The predicted octanol–water partition coefficient (Wildman–Crippen LogP) is 3.67. The molecule has 1 atom stereocenters. The molecule has 0 bridgehead atoms. The number of hydrogen-bond donors (Lipinski definition) is 2. The lowest BCUT2D eigenvalue weighted by molar-refractivity contribution is 0.0948. The van der Waals surface area contributed by atoms with Gasteiger partial charge in [-0.25, -0.2) is 4.98 Å². The second kappa shape index (κ2) is 11.5. The van der Waals surface area contributed by atoms with Crippen molar-refractivity contribution in [3.8, 4) is 17.1 Å². The van der Waals surface area contributed by atoms with Gasteiger partial charge in [0.25, 0.3) is 11.5 Å². The normalized spacial score (nSPS) is 15.5. The van der Waals surface area contributed by atoms with E-state index in [1.807, 2.05) is 30.8 Å². The highest BCUT2D eigenvalue weighted by Crippen LogP contribution is 2.33. The third-order valence-electron chi connectivity index (χ3n) is 8.56. The summed E-state index contributed by atoms with van der Waals surface area (Å²) >= 11 is 0. The van der Waals surface area contributed by atoms with E-state index in [-0.39, 0.29) is 24.1 Å². The van der Waals surface area contributed by atoms with Gasteiger partial charge < -0.3 is 28.9 Å². The molecule has 5 heterocycles. The number of hydrogen-bond acceptors (Lipinski definition) is 6. The van der Waals surface area contributed by atoms with Crippen molar-refractivity contribution in [3.63, 3.8) is 0 Å². The molecule has 1 saturated heterocycles. The van der Waals surface area contributed by atoms with E-state index in [2.05, 4.69) is 62.8 Å². The van der Waals surface area contributed by atoms with Crippen LogP contribution in [0, 0.1) is 13.8 Å². The number of amides is 1. The van der Waals surface area contributed by atoms with Crippen LogP contribution >= 0.6 is 0 Å². The number of piperidine rings is 1. The number of H-pyrrole nitrogens is 1. The van der Waals surface area contributed by atoms with Crippen molar-refractivity contribution in [2.45, 2.75) is 52.2 Å². The second-order valence-electron chi connectivity index (χ2n) is 11.4. The highest BCUT2D eigenvalue weighted by Gasteiger charge is 2.28. The lowest BCUT2D eigenvalue weighted by Crippen LogP contribution is -2.43. The molecule has 1 aliphatic heterocycles. The summed E-state index contributed by atoms with van der Waals surface area (Å²) in [4.78, 5) is 38.5. The molecule has 10 nitrogen and oxygen atoms in total.